The number of halogens is 1. The van der Waals surface area contributed by atoms with Crippen molar-refractivity contribution in [2.24, 2.45) is 0 Å². The van der Waals surface area contributed by atoms with Crippen molar-refractivity contribution < 1.29 is 4.92 Å². The number of nitrogens with zero attached hydrogens (tertiary/aromatic N) is 3. The zero-order valence-corrected chi connectivity index (χ0v) is 16.5. The van der Waals surface area contributed by atoms with Crippen LogP contribution in [0.3, 0.4) is 0 Å². The number of non-ortho nitro benzene ring substituents is 1. The van der Waals surface area contributed by atoms with Gasteiger partial charge in [-0.05, 0) is 74.3 Å². The van der Waals surface area contributed by atoms with Crippen LogP contribution in [0.5, 0.6) is 0 Å². The minimum Gasteiger partial charge on any atom is -0.314 e. The number of nitro benzene ring substituents is 1. The Balaban J connectivity index is 1.80. The Labute approximate surface area is 169 Å². The van der Waals surface area contributed by atoms with E-state index >= 15 is 0 Å². The summed E-state index contributed by atoms with van der Waals surface area (Å²) in [6.07, 6.45) is 2.51. The summed E-state index contributed by atoms with van der Waals surface area (Å²) in [6.45, 7) is 5.31. The van der Waals surface area contributed by atoms with Crippen molar-refractivity contribution in [3.05, 3.63) is 81.0 Å². The molecule has 1 aliphatic heterocycles. The number of benzene rings is 2. The number of likely N-dealkylation sites (tertiary alicyclic amines) is 1. The fourth-order valence-corrected chi connectivity index (χ4v) is 4.02. The van der Waals surface area contributed by atoms with Crippen molar-refractivity contribution in [1.29, 1.82) is 0 Å². The Morgan fingerprint density at radius 2 is 1.68 bits per heavy atom. The van der Waals surface area contributed by atoms with Gasteiger partial charge in [0, 0.05) is 35.1 Å². The quantitative estimate of drug-likeness (QED) is 0.416. The minimum atomic E-state index is -0.370. The van der Waals surface area contributed by atoms with Crippen molar-refractivity contribution in [2.45, 2.75) is 26.3 Å². The molecule has 3 aromatic rings. The molecule has 0 aliphatic carbocycles. The smallest absolute Gasteiger partial charge is 0.269 e. The lowest BCUT2D eigenvalue weighted by atomic mass is 10.1. The largest absolute Gasteiger partial charge is 0.314 e. The van der Waals surface area contributed by atoms with Crippen molar-refractivity contribution in [3.63, 3.8) is 0 Å². The third-order valence-electron chi connectivity index (χ3n) is 5.40. The number of aromatic nitrogens is 1. The highest BCUT2D eigenvalue weighted by atomic mass is 35.5. The zero-order valence-electron chi connectivity index (χ0n) is 15.8. The monoisotopic (exact) mass is 395 g/mol. The van der Waals surface area contributed by atoms with E-state index in [4.69, 9.17) is 11.6 Å². The molecule has 0 amide bonds. The SMILES string of the molecule is Cc1c(CN2CCCC2)cc(-c2ccc(Cl)cc2)n1-c1ccc([N+](=O)[O-])cc1. The summed E-state index contributed by atoms with van der Waals surface area (Å²) in [7, 11) is 0. The molecule has 0 unspecified atom stereocenters. The molecule has 1 fully saturated rings. The molecular formula is C22H22ClN3O2. The first-order valence-corrected chi connectivity index (χ1v) is 9.85. The van der Waals surface area contributed by atoms with Crippen LogP contribution in [0.1, 0.15) is 24.1 Å². The van der Waals surface area contributed by atoms with Crippen LogP contribution in [0.2, 0.25) is 5.02 Å². The van der Waals surface area contributed by atoms with E-state index in [-0.39, 0.29) is 10.6 Å². The molecular weight excluding hydrogens is 374 g/mol. The van der Waals surface area contributed by atoms with Gasteiger partial charge in [0.1, 0.15) is 0 Å². The molecule has 2 aromatic carbocycles. The zero-order chi connectivity index (χ0) is 19.7. The summed E-state index contributed by atoms with van der Waals surface area (Å²) in [5.41, 5.74) is 5.59. The lowest BCUT2D eigenvalue weighted by Gasteiger charge is -2.15. The molecule has 2 heterocycles. The fraction of sp³-hybridized carbons (Fsp3) is 0.273. The maximum Gasteiger partial charge on any atom is 0.269 e. The molecule has 0 N–H and O–H groups in total. The molecule has 5 nitrogen and oxygen atoms in total. The maximum absolute atomic E-state index is 11.0. The van der Waals surface area contributed by atoms with Gasteiger partial charge in [0.05, 0.1) is 10.6 Å². The summed E-state index contributed by atoms with van der Waals surface area (Å²) in [6, 6.07) is 16.8. The average molecular weight is 396 g/mol. The van der Waals surface area contributed by atoms with E-state index < -0.39 is 0 Å². The predicted molar refractivity (Wildman–Crippen MR) is 112 cm³/mol. The molecule has 4 rings (SSSR count). The van der Waals surface area contributed by atoms with Crippen molar-refractivity contribution in [1.82, 2.24) is 9.47 Å². The van der Waals surface area contributed by atoms with Crippen LogP contribution in [0.4, 0.5) is 5.69 Å². The second-order valence-electron chi connectivity index (χ2n) is 7.24. The predicted octanol–water partition coefficient (Wildman–Crippen LogP) is 5.61. The molecule has 0 radical (unpaired) electrons. The first kappa shape index (κ1) is 18.7. The average Bonchev–Trinajstić information content (AvgIpc) is 3.31. The van der Waals surface area contributed by atoms with E-state index in [9.17, 15) is 10.1 Å². The normalized spacial score (nSPS) is 14.5. The molecule has 0 bridgehead atoms. The molecule has 0 atom stereocenters. The van der Waals surface area contributed by atoms with Crippen LogP contribution < -0.4 is 0 Å². The van der Waals surface area contributed by atoms with E-state index in [1.165, 1.54) is 18.4 Å². The molecule has 1 aromatic heterocycles. The van der Waals surface area contributed by atoms with Gasteiger partial charge in [0.25, 0.3) is 5.69 Å². The van der Waals surface area contributed by atoms with Crippen molar-refractivity contribution in [3.8, 4) is 16.9 Å². The van der Waals surface area contributed by atoms with E-state index in [1.54, 1.807) is 12.1 Å². The highest BCUT2D eigenvalue weighted by Gasteiger charge is 2.19. The summed E-state index contributed by atoms with van der Waals surface area (Å²) in [5.74, 6) is 0. The number of hydrogen-bond acceptors (Lipinski definition) is 3. The first-order chi connectivity index (χ1) is 13.5. The highest BCUT2D eigenvalue weighted by molar-refractivity contribution is 6.30. The number of nitro groups is 1. The lowest BCUT2D eigenvalue weighted by molar-refractivity contribution is -0.384. The van der Waals surface area contributed by atoms with Gasteiger partial charge in [0.15, 0.2) is 0 Å². The molecule has 144 valence electrons. The molecule has 6 heteroatoms. The number of hydrogen-bond donors (Lipinski definition) is 0. The molecule has 1 saturated heterocycles. The van der Waals surface area contributed by atoms with Crippen molar-refractivity contribution >= 4 is 17.3 Å². The standard InChI is InChI=1S/C22H22ClN3O2/c1-16-18(15-24-12-2-3-13-24)14-22(17-4-6-19(23)7-5-17)25(16)20-8-10-21(11-9-20)26(27)28/h4-11,14H,2-3,12-13,15H2,1H3. The summed E-state index contributed by atoms with van der Waals surface area (Å²) >= 11 is 6.08. The van der Waals surface area contributed by atoms with Crippen molar-refractivity contribution in [2.75, 3.05) is 13.1 Å². The Kier molecular flexibility index (Phi) is 5.20. The van der Waals surface area contributed by atoms with Crippen LogP contribution in [0, 0.1) is 17.0 Å². The van der Waals surface area contributed by atoms with Crippen LogP contribution in [0.15, 0.2) is 54.6 Å². The van der Waals surface area contributed by atoms with E-state index in [2.05, 4.69) is 22.5 Å². The van der Waals surface area contributed by atoms with Gasteiger partial charge < -0.3 is 4.57 Å². The van der Waals surface area contributed by atoms with E-state index in [0.717, 1.165) is 42.3 Å². The van der Waals surface area contributed by atoms with Gasteiger partial charge in [-0.1, -0.05) is 23.7 Å². The second-order valence-corrected chi connectivity index (χ2v) is 7.68. The van der Waals surface area contributed by atoms with Gasteiger partial charge in [-0.3, -0.25) is 15.0 Å². The molecule has 0 saturated carbocycles. The highest BCUT2D eigenvalue weighted by Crippen LogP contribution is 2.32. The molecule has 1 aliphatic rings. The first-order valence-electron chi connectivity index (χ1n) is 9.47. The van der Waals surface area contributed by atoms with E-state index in [0.29, 0.717) is 5.02 Å². The lowest BCUT2D eigenvalue weighted by Crippen LogP contribution is -2.18. The third kappa shape index (κ3) is 3.68. The Bertz CT molecular complexity index is 988. The third-order valence-corrected chi connectivity index (χ3v) is 5.66. The van der Waals surface area contributed by atoms with Crippen LogP contribution in [-0.4, -0.2) is 27.5 Å². The summed E-state index contributed by atoms with van der Waals surface area (Å²) < 4.78 is 2.18. The summed E-state index contributed by atoms with van der Waals surface area (Å²) in [4.78, 5) is 13.1. The minimum absolute atomic E-state index is 0.0962. The van der Waals surface area contributed by atoms with Crippen LogP contribution >= 0.6 is 11.6 Å². The molecule has 28 heavy (non-hydrogen) atoms. The van der Waals surface area contributed by atoms with Crippen LogP contribution in [0.25, 0.3) is 16.9 Å². The van der Waals surface area contributed by atoms with Gasteiger partial charge in [-0.25, -0.2) is 0 Å². The van der Waals surface area contributed by atoms with Crippen LogP contribution in [-0.2, 0) is 6.54 Å². The van der Waals surface area contributed by atoms with E-state index in [1.807, 2.05) is 36.4 Å². The van der Waals surface area contributed by atoms with Gasteiger partial charge in [-0.2, -0.15) is 0 Å². The second kappa shape index (κ2) is 7.78. The van der Waals surface area contributed by atoms with Gasteiger partial charge >= 0.3 is 0 Å². The Morgan fingerprint density at radius 3 is 2.29 bits per heavy atom. The molecule has 0 spiro atoms. The topological polar surface area (TPSA) is 51.3 Å². The Hall–Kier alpha value is -2.63. The summed E-state index contributed by atoms with van der Waals surface area (Å²) in [5, 5.41) is 11.7. The maximum atomic E-state index is 11.0. The van der Waals surface area contributed by atoms with Gasteiger partial charge in [-0.15, -0.1) is 0 Å². The number of rotatable bonds is 5. The van der Waals surface area contributed by atoms with Gasteiger partial charge in [0.2, 0.25) is 0 Å². The Morgan fingerprint density at radius 1 is 1.04 bits per heavy atom. The fourth-order valence-electron chi connectivity index (χ4n) is 3.89.